The van der Waals surface area contributed by atoms with E-state index in [1.807, 2.05) is 12.1 Å². The number of alkyl halides is 1. The van der Waals surface area contributed by atoms with Crippen LogP contribution in [0.2, 0.25) is 0 Å². The van der Waals surface area contributed by atoms with Crippen LogP contribution in [0.5, 0.6) is 0 Å². The summed E-state index contributed by atoms with van der Waals surface area (Å²) in [6, 6.07) is 5.56. The van der Waals surface area contributed by atoms with Gasteiger partial charge in [0, 0.05) is 16.6 Å². The summed E-state index contributed by atoms with van der Waals surface area (Å²) >= 11 is 5.45. The van der Waals surface area contributed by atoms with Crippen LogP contribution in [-0.4, -0.2) is 16.8 Å². The third-order valence-corrected chi connectivity index (χ3v) is 3.73. The first-order valence-electron chi connectivity index (χ1n) is 6.22. The number of carbonyl (C=O) groups excluding carboxylic acids is 1. The number of amides is 1. The van der Waals surface area contributed by atoms with Crippen molar-refractivity contribution in [1.82, 2.24) is 4.98 Å². The molecule has 0 fully saturated rings. The van der Waals surface area contributed by atoms with E-state index in [1.165, 1.54) is 0 Å². The number of aryl methyl sites for hydroxylation is 1. The van der Waals surface area contributed by atoms with Gasteiger partial charge in [-0.15, -0.1) is 11.6 Å². The number of fused-ring (bicyclic) bond motifs is 3. The van der Waals surface area contributed by atoms with E-state index in [0.717, 1.165) is 41.3 Å². The second-order valence-corrected chi connectivity index (χ2v) is 4.97. The number of anilines is 1. The van der Waals surface area contributed by atoms with Gasteiger partial charge in [0.2, 0.25) is 5.91 Å². The molecular formula is C14H13ClN2O2. The molecule has 0 saturated heterocycles. The first kappa shape index (κ1) is 12.2. The Labute approximate surface area is 114 Å². The average molecular weight is 277 g/mol. The SMILES string of the molecule is O=C(CCl)Nc1ccc2c3c(c(=O)[nH]c2c1)CCC3. The Bertz CT molecular complexity index is 721. The predicted octanol–water partition coefficient (Wildman–Crippen LogP) is 2.19. The summed E-state index contributed by atoms with van der Waals surface area (Å²) in [4.78, 5) is 26.1. The van der Waals surface area contributed by atoms with Gasteiger partial charge >= 0.3 is 0 Å². The molecule has 4 nitrogen and oxygen atoms in total. The lowest BCUT2D eigenvalue weighted by atomic mass is 10.1. The van der Waals surface area contributed by atoms with Crippen LogP contribution in [0, 0.1) is 0 Å². The van der Waals surface area contributed by atoms with Gasteiger partial charge in [-0.3, -0.25) is 9.59 Å². The molecule has 19 heavy (non-hydrogen) atoms. The number of pyridine rings is 1. The second kappa shape index (κ2) is 4.70. The molecule has 1 amide bonds. The van der Waals surface area contributed by atoms with E-state index < -0.39 is 0 Å². The number of carbonyl (C=O) groups is 1. The van der Waals surface area contributed by atoms with Crippen LogP contribution < -0.4 is 10.9 Å². The number of aromatic nitrogens is 1. The highest BCUT2D eigenvalue weighted by atomic mass is 35.5. The van der Waals surface area contributed by atoms with Gasteiger partial charge in [-0.2, -0.15) is 0 Å². The minimum atomic E-state index is -0.260. The molecule has 1 aliphatic carbocycles. The number of H-pyrrole nitrogens is 1. The summed E-state index contributed by atoms with van der Waals surface area (Å²) in [6.07, 6.45) is 2.83. The summed E-state index contributed by atoms with van der Waals surface area (Å²) in [5.41, 5.74) is 3.45. The highest BCUT2D eigenvalue weighted by molar-refractivity contribution is 6.29. The Morgan fingerprint density at radius 1 is 1.32 bits per heavy atom. The highest BCUT2D eigenvalue weighted by Gasteiger charge is 2.17. The highest BCUT2D eigenvalue weighted by Crippen LogP contribution is 2.27. The molecule has 1 aromatic carbocycles. The Balaban J connectivity index is 2.12. The monoisotopic (exact) mass is 276 g/mol. The molecule has 3 rings (SSSR count). The van der Waals surface area contributed by atoms with Gasteiger partial charge in [0.25, 0.3) is 5.56 Å². The summed E-state index contributed by atoms with van der Waals surface area (Å²) in [7, 11) is 0. The summed E-state index contributed by atoms with van der Waals surface area (Å²) in [5.74, 6) is -0.344. The molecule has 0 spiro atoms. The topological polar surface area (TPSA) is 62.0 Å². The Hall–Kier alpha value is -1.81. The van der Waals surface area contributed by atoms with Gasteiger partial charge < -0.3 is 10.3 Å². The van der Waals surface area contributed by atoms with Crippen LogP contribution in [0.1, 0.15) is 17.5 Å². The molecule has 98 valence electrons. The van der Waals surface area contributed by atoms with E-state index in [-0.39, 0.29) is 17.3 Å². The molecule has 5 heteroatoms. The molecule has 0 saturated carbocycles. The maximum absolute atomic E-state index is 12.0. The van der Waals surface area contributed by atoms with Crippen LogP contribution in [0.15, 0.2) is 23.0 Å². The zero-order valence-electron chi connectivity index (χ0n) is 10.3. The number of aromatic amines is 1. The Kier molecular flexibility index (Phi) is 3.03. The lowest BCUT2D eigenvalue weighted by Gasteiger charge is -2.08. The van der Waals surface area contributed by atoms with Crippen LogP contribution in [-0.2, 0) is 17.6 Å². The van der Waals surface area contributed by atoms with Crippen molar-refractivity contribution in [3.05, 3.63) is 39.7 Å². The molecule has 1 aliphatic rings. The molecule has 2 N–H and O–H groups in total. The molecule has 0 atom stereocenters. The number of hydrogen-bond acceptors (Lipinski definition) is 2. The quantitative estimate of drug-likeness (QED) is 0.826. The van der Waals surface area contributed by atoms with E-state index in [2.05, 4.69) is 10.3 Å². The van der Waals surface area contributed by atoms with Crippen molar-refractivity contribution < 1.29 is 4.79 Å². The number of benzene rings is 1. The average Bonchev–Trinajstić information content (AvgIpc) is 2.88. The van der Waals surface area contributed by atoms with Crippen LogP contribution in [0.25, 0.3) is 10.9 Å². The fraction of sp³-hybridized carbons (Fsp3) is 0.286. The van der Waals surface area contributed by atoms with E-state index in [9.17, 15) is 9.59 Å². The van der Waals surface area contributed by atoms with Crippen molar-refractivity contribution in [2.75, 3.05) is 11.2 Å². The number of rotatable bonds is 2. The Morgan fingerprint density at radius 2 is 2.11 bits per heavy atom. The van der Waals surface area contributed by atoms with Crippen molar-refractivity contribution in [3.8, 4) is 0 Å². The van der Waals surface area contributed by atoms with Gasteiger partial charge in [-0.25, -0.2) is 0 Å². The second-order valence-electron chi connectivity index (χ2n) is 4.71. The third kappa shape index (κ3) is 2.12. The van der Waals surface area contributed by atoms with Gasteiger partial charge in [-0.1, -0.05) is 6.07 Å². The first-order chi connectivity index (χ1) is 9.19. The smallest absolute Gasteiger partial charge is 0.251 e. The zero-order chi connectivity index (χ0) is 13.4. The summed E-state index contributed by atoms with van der Waals surface area (Å²) < 4.78 is 0. The largest absolute Gasteiger partial charge is 0.325 e. The van der Waals surface area contributed by atoms with Crippen molar-refractivity contribution in [1.29, 1.82) is 0 Å². The molecule has 0 radical (unpaired) electrons. The minimum absolute atomic E-state index is 0.0131. The fourth-order valence-corrected chi connectivity index (χ4v) is 2.74. The molecule has 0 unspecified atom stereocenters. The van der Waals surface area contributed by atoms with Gasteiger partial charge in [0.15, 0.2) is 0 Å². The minimum Gasteiger partial charge on any atom is -0.325 e. The van der Waals surface area contributed by atoms with Gasteiger partial charge in [0.05, 0.1) is 5.52 Å². The first-order valence-corrected chi connectivity index (χ1v) is 6.76. The van der Waals surface area contributed by atoms with Crippen LogP contribution in [0.3, 0.4) is 0 Å². The van der Waals surface area contributed by atoms with Crippen molar-refractivity contribution in [2.45, 2.75) is 19.3 Å². The van der Waals surface area contributed by atoms with Crippen LogP contribution in [0.4, 0.5) is 5.69 Å². The molecule has 0 bridgehead atoms. The van der Waals surface area contributed by atoms with Crippen molar-refractivity contribution >= 4 is 34.1 Å². The van der Waals surface area contributed by atoms with Crippen molar-refractivity contribution in [2.24, 2.45) is 0 Å². The molecule has 0 aliphatic heterocycles. The molecule has 2 aromatic rings. The maximum Gasteiger partial charge on any atom is 0.251 e. The van der Waals surface area contributed by atoms with Crippen molar-refractivity contribution in [3.63, 3.8) is 0 Å². The maximum atomic E-state index is 12.0. The normalized spacial score (nSPS) is 13.5. The van der Waals surface area contributed by atoms with E-state index in [1.54, 1.807) is 6.07 Å². The van der Waals surface area contributed by atoms with Gasteiger partial charge in [-0.05, 0) is 37.0 Å². The molecule has 1 heterocycles. The number of hydrogen-bond donors (Lipinski definition) is 2. The number of nitrogens with one attached hydrogen (secondary N) is 2. The predicted molar refractivity (Wildman–Crippen MR) is 75.9 cm³/mol. The zero-order valence-corrected chi connectivity index (χ0v) is 11.0. The lowest BCUT2D eigenvalue weighted by molar-refractivity contribution is -0.113. The third-order valence-electron chi connectivity index (χ3n) is 3.49. The van der Waals surface area contributed by atoms with E-state index >= 15 is 0 Å². The summed E-state index contributed by atoms with van der Waals surface area (Å²) in [5, 5.41) is 3.74. The Morgan fingerprint density at radius 3 is 2.89 bits per heavy atom. The number of halogens is 1. The summed E-state index contributed by atoms with van der Waals surface area (Å²) in [6.45, 7) is 0. The van der Waals surface area contributed by atoms with E-state index in [0.29, 0.717) is 5.69 Å². The van der Waals surface area contributed by atoms with E-state index in [4.69, 9.17) is 11.6 Å². The fourth-order valence-electron chi connectivity index (χ4n) is 2.67. The standard InChI is InChI=1S/C14H13ClN2O2/c15-7-13(18)16-8-4-5-10-9-2-1-3-11(9)14(19)17-12(10)6-8/h4-6H,1-3,7H2,(H,16,18)(H,17,19). The van der Waals surface area contributed by atoms with Gasteiger partial charge in [0.1, 0.15) is 5.88 Å². The molecular weight excluding hydrogens is 264 g/mol. The molecule has 1 aromatic heterocycles. The van der Waals surface area contributed by atoms with Crippen LogP contribution >= 0.6 is 11.6 Å². The lowest BCUT2D eigenvalue weighted by Crippen LogP contribution is -2.14.